The summed E-state index contributed by atoms with van der Waals surface area (Å²) in [7, 11) is 0. The Balaban J connectivity index is 1.94. The monoisotopic (exact) mass is 303 g/mol. The predicted molar refractivity (Wildman–Crippen MR) is 80.7 cm³/mol. The number of halogens is 1. The van der Waals surface area contributed by atoms with E-state index in [0.29, 0.717) is 40.3 Å². The Hall–Kier alpha value is -2.14. The Morgan fingerprint density at radius 1 is 1.19 bits per heavy atom. The fourth-order valence-electron chi connectivity index (χ4n) is 2.31. The summed E-state index contributed by atoms with van der Waals surface area (Å²) >= 11 is 5.86. The van der Waals surface area contributed by atoms with Crippen molar-refractivity contribution in [1.29, 1.82) is 0 Å². The number of aryl methyl sites for hydroxylation is 4. The van der Waals surface area contributed by atoms with Crippen LogP contribution in [0.25, 0.3) is 11.0 Å². The minimum Gasteiger partial charge on any atom is -0.354 e. The van der Waals surface area contributed by atoms with Gasteiger partial charge in [0.25, 0.3) is 5.56 Å². The molecule has 0 unspecified atom stereocenters. The summed E-state index contributed by atoms with van der Waals surface area (Å²) in [6, 6.07) is 7.57. The third-order valence-corrected chi connectivity index (χ3v) is 3.69. The van der Waals surface area contributed by atoms with E-state index in [9.17, 15) is 4.79 Å². The minimum atomic E-state index is -0.164. The number of hydrogen-bond acceptors (Lipinski definition) is 4. The van der Waals surface area contributed by atoms with Gasteiger partial charge < -0.3 is 4.52 Å². The molecular weight excluding hydrogens is 290 g/mol. The lowest BCUT2D eigenvalue weighted by Gasteiger charge is -2.06. The molecule has 0 atom stereocenters. The molecule has 0 saturated heterocycles. The van der Waals surface area contributed by atoms with Crippen molar-refractivity contribution in [1.82, 2.24) is 14.9 Å². The maximum absolute atomic E-state index is 12.4. The quantitative estimate of drug-likeness (QED) is 0.746. The van der Waals surface area contributed by atoms with Crippen LogP contribution in [-0.4, -0.2) is 14.9 Å². The molecular formula is C15H14ClN3O2. The highest BCUT2D eigenvalue weighted by Crippen LogP contribution is 2.16. The second-order valence-electron chi connectivity index (χ2n) is 4.96. The van der Waals surface area contributed by atoms with E-state index >= 15 is 0 Å². The van der Waals surface area contributed by atoms with Gasteiger partial charge in [-0.2, -0.15) is 5.10 Å². The molecule has 0 fully saturated rings. The molecule has 0 aliphatic rings. The highest BCUT2D eigenvalue weighted by molar-refractivity contribution is 6.30. The van der Waals surface area contributed by atoms with E-state index in [1.807, 2.05) is 31.2 Å². The SMILES string of the molecule is Cc1nn(CCc2ccc(Cl)cc2)c(=O)c2c(C)noc12. The van der Waals surface area contributed by atoms with Crippen LogP contribution < -0.4 is 5.56 Å². The summed E-state index contributed by atoms with van der Waals surface area (Å²) in [5, 5.41) is 9.35. The summed E-state index contributed by atoms with van der Waals surface area (Å²) < 4.78 is 6.62. The Labute approximate surface area is 126 Å². The van der Waals surface area contributed by atoms with E-state index in [-0.39, 0.29) is 5.56 Å². The molecule has 2 heterocycles. The van der Waals surface area contributed by atoms with Crippen molar-refractivity contribution >= 4 is 22.6 Å². The zero-order chi connectivity index (χ0) is 15.0. The van der Waals surface area contributed by atoms with Crippen LogP contribution in [0.15, 0.2) is 33.6 Å². The third-order valence-electron chi connectivity index (χ3n) is 3.44. The molecule has 0 N–H and O–H groups in total. The average Bonchev–Trinajstić information content (AvgIpc) is 2.86. The Morgan fingerprint density at radius 2 is 1.90 bits per heavy atom. The number of rotatable bonds is 3. The molecule has 3 rings (SSSR count). The number of benzene rings is 1. The molecule has 0 saturated carbocycles. The van der Waals surface area contributed by atoms with Crippen LogP contribution in [-0.2, 0) is 13.0 Å². The molecule has 0 spiro atoms. The van der Waals surface area contributed by atoms with Gasteiger partial charge in [0.1, 0.15) is 11.1 Å². The first kappa shape index (κ1) is 13.8. The average molecular weight is 304 g/mol. The smallest absolute Gasteiger partial charge is 0.279 e. The van der Waals surface area contributed by atoms with Gasteiger partial charge in [0.05, 0.1) is 5.69 Å². The van der Waals surface area contributed by atoms with Gasteiger partial charge in [-0.3, -0.25) is 4.79 Å². The van der Waals surface area contributed by atoms with Crippen LogP contribution in [0.5, 0.6) is 0 Å². The van der Waals surface area contributed by atoms with Crippen LogP contribution in [0.1, 0.15) is 17.0 Å². The second-order valence-corrected chi connectivity index (χ2v) is 5.40. The normalized spacial score (nSPS) is 11.2. The van der Waals surface area contributed by atoms with E-state index in [1.165, 1.54) is 4.68 Å². The Kier molecular flexibility index (Phi) is 3.51. The third kappa shape index (κ3) is 2.56. The van der Waals surface area contributed by atoms with E-state index in [0.717, 1.165) is 5.56 Å². The number of aromatic nitrogens is 3. The van der Waals surface area contributed by atoms with Crippen LogP contribution >= 0.6 is 11.6 Å². The summed E-state index contributed by atoms with van der Waals surface area (Å²) in [5.74, 6) is 0. The topological polar surface area (TPSA) is 60.9 Å². The summed E-state index contributed by atoms with van der Waals surface area (Å²) in [6.07, 6.45) is 0.708. The van der Waals surface area contributed by atoms with Gasteiger partial charge in [-0.1, -0.05) is 28.9 Å². The van der Waals surface area contributed by atoms with Gasteiger partial charge in [0, 0.05) is 11.6 Å². The van der Waals surface area contributed by atoms with E-state index in [4.69, 9.17) is 16.1 Å². The van der Waals surface area contributed by atoms with Crippen molar-refractivity contribution in [3.05, 3.63) is 56.6 Å². The molecule has 0 bridgehead atoms. The maximum Gasteiger partial charge on any atom is 0.279 e. The van der Waals surface area contributed by atoms with Crippen molar-refractivity contribution in [3.63, 3.8) is 0 Å². The largest absolute Gasteiger partial charge is 0.354 e. The second kappa shape index (κ2) is 5.33. The Morgan fingerprint density at radius 3 is 2.62 bits per heavy atom. The zero-order valence-electron chi connectivity index (χ0n) is 11.8. The van der Waals surface area contributed by atoms with Crippen LogP contribution in [0.4, 0.5) is 0 Å². The van der Waals surface area contributed by atoms with Crippen molar-refractivity contribution in [2.75, 3.05) is 0 Å². The molecule has 0 aliphatic carbocycles. The summed E-state index contributed by atoms with van der Waals surface area (Å²) in [6.45, 7) is 4.07. The zero-order valence-corrected chi connectivity index (χ0v) is 12.5. The first-order chi connectivity index (χ1) is 10.1. The molecule has 0 radical (unpaired) electrons. The van der Waals surface area contributed by atoms with Crippen molar-refractivity contribution in [3.8, 4) is 0 Å². The van der Waals surface area contributed by atoms with Gasteiger partial charge in [-0.25, -0.2) is 4.68 Å². The first-order valence-electron chi connectivity index (χ1n) is 6.64. The van der Waals surface area contributed by atoms with Crippen LogP contribution in [0, 0.1) is 13.8 Å². The van der Waals surface area contributed by atoms with Gasteiger partial charge in [-0.05, 0) is 38.0 Å². The number of nitrogens with zero attached hydrogens (tertiary/aromatic N) is 3. The lowest BCUT2D eigenvalue weighted by atomic mass is 10.1. The highest BCUT2D eigenvalue weighted by Gasteiger charge is 2.15. The predicted octanol–water partition coefficient (Wildman–Crippen LogP) is 2.90. The van der Waals surface area contributed by atoms with Gasteiger partial charge in [0.15, 0.2) is 5.58 Å². The van der Waals surface area contributed by atoms with Crippen molar-refractivity contribution in [2.45, 2.75) is 26.8 Å². The molecule has 0 amide bonds. The molecule has 6 heteroatoms. The summed E-state index contributed by atoms with van der Waals surface area (Å²) in [4.78, 5) is 12.4. The lowest BCUT2D eigenvalue weighted by Crippen LogP contribution is -2.25. The number of hydrogen-bond donors (Lipinski definition) is 0. The molecule has 0 aliphatic heterocycles. The van der Waals surface area contributed by atoms with Crippen molar-refractivity contribution < 1.29 is 4.52 Å². The van der Waals surface area contributed by atoms with Crippen LogP contribution in [0.3, 0.4) is 0 Å². The highest BCUT2D eigenvalue weighted by atomic mass is 35.5. The van der Waals surface area contributed by atoms with E-state index in [1.54, 1.807) is 6.92 Å². The lowest BCUT2D eigenvalue weighted by molar-refractivity contribution is 0.445. The minimum absolute atomic E-state index is 0.164. The van der Waals surface area contributed by atoms with E-state index < -0.39 is 0 Å². The van der Waals surface area contributed by atoms with Gasteiger partial charge >= 0.3 is 0 Å². The fourth-order valence-corrected chi connectivity index (χ4v) is 2.43. The standard InChI is InChI=1S/C15H14ClN3O2/c1-9-13-14(21-18-9)10(2)17-19(15(13)20)8-7-11-3-5-12(16)6-4-11/h3-6H,7-8H2,1-2H3. The Bertz CT molecular complexity index is 850. The molecule has 3 aromatic rings. The summed E-state index contributed by atoms with van der Waals surface area (Å²) in [5.41, 5.74) is 2.68. The van der Waals surface area contributed by atoms with Gasteiger partial charge in [0.2, 0.25) is 0 Å². The number of fused-ring (bicyclic) bond motifs is 1. The molecule has 2 aromatic heterocycles. The van der Waals surface area contributed by atoms with E-state index in [2.05, 4.69) is 10.3 Å². The molecule has 21 heavy (non-hydrogen) atoms. The maximum atomic E-state index is 12.4. The van der Waals surface area contributed by atoms with Gasteiger partial charge in [-0.15, -0.1) is 0 Å². The van der Waals surface area contributed by atoms with Crippen LogP contribution in [0.2, 0.25) is 5.02 Å². The molecule has 108 valence electrons. The molecule has 1 aromatic carbocycles. The first-order valence-corrected chi connectivity index (χ1v) is 7.02. The van der Waals surface area contributed by atoms with Crippen molar-refractivity contribution in [2.24, 2.45) is 0 Å². The fraction of sp³-hybridized carbons (Fsp3) is 0.267. The molecule has 5 nitrogen and oxygen atoms in total.